The Morgan fingerprint density at radius 1 is 1.64 bits per heavy atom. The Balaban J connectivity index is 3.72. The lowest BCUT2D eigenvalue weighted by molar-refractivity contribution is 0.125. The van der Waals surface area contributed by atoms with Crippen molar-refractivity contribution >= 4 is 5.96 Å². The third kappa shape index (κ3) is 4.61. The van der Waals surface area contributed by atoms with E-state index in [1.54, 1.807) is 12.0 Å². The normalized spacial score (nSPS) is 14.7. The molecule has 0 aromatic rings. The van der Waals surface area contributed by atoms with Gasteiger partial charge in [0.1, 0.15) is 0 Å². The minimum Gasteiger partial charge on any atom is -0.380 e. The smallest absolute Gasteiger partial charge is 0.190 e. The van der Waals surface area contributed by atoms with Gasteiger partial charge in [-0.3, -0.25) is 4.99 Å². The second kappa shape index (κ2) is 4.96. The zero-order valence-electron chi connectivity index (χ0n) is 7.66. The molecule has 0 saturated heterocycles. The average Bonchev–Trinajstić information content (AvgIpc) is 1.99. The highest BCUT2D eigenvalue weighted by molar-refractivity contribution is 5.77. The van der Waals surface area contributed by atoms with Crippen LogP contribution in [0.4, 0.5) is 0 Å². The average molecular weight is 159 g/mol. The molecule has 66 valence electrons. The van der Waals surface area contributed by atoms with Crippen molar-refractivity contribution in [3.8, 4) is 0 Å². The van der Waals surface area contributed by atoms with Crippen molar-refractivity contribution in [1.82, 2.24) is 4.90 Å². The first-order valence-electron chi connectivity index (χ1n) is 3.58. The molecule has 0 radical (unpaired) electrons. The fourth-order valence-electron chi connectivity index (χ4n) is 0.438. The number of aliphatic imine (C=N–C) groups is 1. The molecule has 11 heavy (non-hydrogen) atoms. The third-order valence-electron chi connectivity index (χ3n) is 1.37. The van der Waals surface area contributed by atoms with E-state index < -0.39 is 0 Å². The van der Waals surface area contributed by atoms with Gasteiger partial charge in [-0.2, -0.15) is 0 Å². The molecule has 0 saturated carbocycles. The fraction of sp³-hybridized carbons (Fsp3) is 0.857. The molecule has 1 unspecified atom stereocenters. The summed E-state index contributed by atoms with van der Waals surface area (Å²) >= 11 is 0. The quantitative estimate of drug-likeness (QED) is 0.462. The van der Waals surface area contributed by atoms with Gasteiger partial charge >= 0.3 is 0 Å². The topological polar surface area (TPSA) is 50.9 Å². The molecule has 0 aromatic carbocycles. The zero-order valence-corrected chi connectivity index (χ0v) is 7.66. The van der Waals surface area contributed by atoms with E-state index in [2.05, 4.69) is 4.99 Å². The van der Waals surface area contributed by atoms with Crippen LogP contribution in [0.3, 0.4) is 0 Å². The molecule has 0 spiro atoms. The molecule has 4 heteroatoms. The molecule has 0 amide bonds. The number of nitrogens with two attached hydrogens (primary N) is 1. The van der Waals surface area contributed by atoms with Crippen molar-refractivity contribution in [1.29, 1.82) is 0 Å². The summed E-state index contributed by atoms with van der Waals surface area (Å²) < 4.78 is 5.00. The first-order valence-corrected chi connectivity index (χ1v) is 3.58. The highest BCUT2D eigenvalue weighted by atomic mass is 16.5. The van der Waals surface area contributed by atoms with Crippen molar-refractivity contribution in [2.75, 3.05) is 27.7 Å². The van der Waals surface area contributed by atoms with Crippen molar-refractivity contribution < 1.29 is 4.74 Å². The molecule has 0 aliphatic rings. The second-order valence-electron chi connectivity index (χ2n) is 2.64. The largest absolute Gasteiger partial charge is 0.380 e. The number of nitrogens with zero attached hydrogens (tertiary/aromatic N) is 2. The molecular formula is C7H17N3O. The summed E-state index contributed by atoms with van der Waals surface area (Å²) in [5.41, 5.74) is 5.54. The fourth-order valence-corrected chi connectivity index (χ4v) is 0.438. The molecule has 1 atom stereocenters. The van der Waals surface area contributed by atoms with Crippen LogP contribution in [-0.4, -0.2) is 44.7 Å². The van der Waals surface area contributed by atoms with Gasteiger partial charge in [-0.1, -0.05) is 0 Å². The van der Waals surface area contributed by atoms with E-state index in [4.69, 9.17) is 10.5 Å². The minimum atomic E-state index is 0.133. The Morgan fingerprint density at radius 2 is 2.18 bits per heavy atom. The van der Waals surface area contributed by atoms with Crippen LogP contribution in [0.1, 0.15) is 6.92 Å². The van der Waals surface area contributed by atoms with Crippen LogP contribution < -0.4 is 5.73 Å². The predicted octanol–water partition coefficient (Wildman–Crippen LogP) is -0.102. The molecule has 0 aliphatic heterocycles. The number of methoxy groups -OCH3 is 1. The summed E-state index contributed by atoms with van der Waals surface area (Å²) in [6.07, 6.45) is 0.133. The maximum absolute atomic E-state index is 5.54. The Morgan fingerprint density at radius 3 is 2.55 bits per heavy atom. The standard InChI is InChI=1S/C7H17N3O/c1-6(11-4)5-9-7(8)10(2)3/h6H,5H2,1-4H3,(H2,8,9). The van der Waals surface area contributed by atoms with Gasteiger partial charge in [-0.25, -0.2) is 0 Å². The van der Waals surface area contributed by atoms with Gasteiger partial charge in [0.2, 0.25) is 0 Å². The van der Waals surface area contributed by atoms with Crippen molar-refractivity contribution in [2.24, 2.45) is 10.7 Å². The highest BCUT2D eigenvalue weighted by Gasteiger charge is 1.98. The van der Waals surface area contributed by atoms with Gasteiger partial charge in [0.15, 0.2) is 5.96 Å². The summed E-state index contributed by atoms with van der Waals surface area (Å²) in [4.78, 5) is 5.86. The van der Waals surface area contributed by atoms with E-state index in [1.807, 2.05) is 21.0 Å². The highest BCUT2D eigenvalue weighted by Crippen LogP contribution is 1.88. The SMILES string of the molecule is COC(C)CN=C(N)N(C)C. The maximum atomic E-state index is 5.54. The number of guanidine groups is 1. The van der Waals surface area contributed by atoms with Crippen molar-refractivity contribution in [3.63, 3.8) is 0 Å². The van der Waals surface area contributed by atoms with Gasteiger partial charge in [0.25, 0.3) is 0 Å². The van der Waals surface area contributed by atoms with Gasteiger partial charge in [0, 0.05) is 21.2 Å². The monoisotopic (exact) mass is 159 g/mol. The third-order valence-corrected chi connectivity index (χ3v) is 1.37. The second-order valence-corrected chi connectivity index (χ2v) is 2.64. The van der Waals surface area contributed by atoms with E-state index in [9.17, 15) is 0 Å². The molecule has 0 heterocycles. The maximum Gasteiger partial charge on any atom is 0.190 e. The summed E-state index contributed by atoms with van der Waals surface area (Å²) in [6.45, 7) is 2.56. The Labute approximate surface area is 68.0 Å². The van der Waals surface area contributed by atoms with Gasteiger partial charge < -0.3 is 15.4 Å². The van der Waals surface area contributed by atoms with E-state index in [0.717, 1.165) is 0 Å². The van der Waals surface area contributed by atoms with Crippen molar-refractivity contribution in [2.45, 2.75) is 13.0 Å². The Hall–Kier alpha value is -0.770. The first-order chi connectivity index (χ1) is 5.07. The van der Waals surface area contributed by atoms with Crippen LogP contribution in [0, 0.1) is 0 Å². The van der Waals surface area contributed by atoms with Crippen LogP contribution in [0.2, 0.25) is 0 Å². The molecular weight excluding hydrogens is 142 g/mol. The number of hydrogen-bond acceptors (Lipinski definition) is 2. The lowest BCUT2D eigenvalue weighted by Crippen LogP contribution is -2.31. The predicted molar refractivity (Wildman–Crippen MR) is 46.6 cm³/mol. The summed E-state index contributed by atoms with van der Waals surface area (Å²) in [6, 6.07) is 0. The Bertz CT molecular complexity index is 134. The van der Waals surface area contributed by atoms with Crippen LogP contribution >= 0.6 is 0 Å². The summed E-state index contributed by atoms with van der Waals surface area (Å²) in [7, 11) is 5.37. The lowest BCUT2D eigenvalue weighted by atomic mass is 10.4. The van der Waals surface area contributed by atoms with Crippen molar-refractivity contribution in [3.05, 3.63) is 0 Å². The van der Waals surface area contributed by atoms with E-state index in [-0.39, 0.29) is 6.10 Å². The van der Waals surface area contributed by atoms with E-state index in [1.165, 1.54) is 0 Å². The molecule has 2 N–H and O–H groups in total. The number of hydrogen-bond donors (Lipinski definition) is 1. The van der Waals surface area contributed by atoms with Gasteiger partial charge in [-0.05, 0) is 6.92 Å². The molecule has 0 fully saturated rings. The summed E-state index contributed by atoms with van der Waals surface area (Å²) in [5.74, 6) is 0.536. The Kier molecular flexibility index (Phi) is 4.61. The zero-order chi connectivity index (χ0) is 8.85. The molecule has 0 aliphatic carbocycles. The van der Waals surface area contributed by atoms with Crippen LogP contribution in [0.15, 0.2) is 4.99 Å². The molecule has 0 aromatic heterocycles. The van der Waals surface area contributed by atoms with Crippen LogP contribution in [-0.2, 0) is 4.74 Å². The number of ether oxygens (including phenoxy) is 1. The lowest BCUT2D eigenvalue weighted by Gasteiger charge is -2.11. The summed E-state index contributed by atoms with van der Waals surface area (Å²) in [5, 5.41) is 0. The molecule has 4 nitrogen and oxygen atoms in total. The van der Waals surface area contributed by atoms with E-state index in [0.29, 0.717) is 12.5 Å². The van der Waals surface area contributed by atoms with Crippen LogP contribution in [0.25, 0.3) is 0 Å². The van der Waals surface area contributed by atoms with E-state index >= 15 is 0 Å². The first kappa shape index (κ1) is 10.2. The minimum absolute atomic E-state index is 0.133. The van der Waals surface area contributed by atoms with Gasteiger partial charge in [0.05, 0.1) is 12.6 Å². The number of rotatable bonds is 3. The van der Waals surface area contributed by atoms with Gasteiger partial charge in [-0.15, -0.1) is 0 Å². The molecule has 0 bridgehead atoms. The van der Waals surface area contributed by atoms with Crippen LogP contribution in [0.5, 0.6) is 0 Å². The molecule has 0 rings (SSSR count).